The van der Waals surface area contributed by atoms with E-state index in [4.69, 9.17) is 0 Å². The van der Waals surface area contributed by atoms with Crippen LogP contribution in [-0.2, 0) is 0 Å². The molecule has 2 rings (SSSR count). The Balaban J connectivity index is 0.000000816. The lowest BCUT2D eigenvalue weighted by atomic mass is 10.1. The van der Waals surface area contributed by atoms with Crippen LogP contribution < -0.4 is 11.0 Å². The lowest BCUT2D eigenvalue weighted by molar-refractivity contribution is 0.0956. The minimum atomic E-state index is -0.193. The monoisotopic (exact) mass is 317 g/mol. The minimum absolute atomic E-state index is 0.0373. The number of nitrogens with one attached hydrogen (secondary N) is 2. The largest absolute Gasteiger partial charge is 0.352 e. The Kier molecular flexibility index (Phi) is 7.32. The molecular formula is C18H27N3O2. The molecule has 1 aromatic heterocycles. The van der Waals surface area contributed by atoms with E-state index in [0.717, 1.165) is 5.52 Å². The second kappa shape index (κ2) is 8.98. The maximum absolute atomic E-state index is 12.1. The molecule has 1 amide bonds. The standard InChI is InChI=1S/C15H19N3O2.C3H8/c1-4-5-9-16-14(19)11-7-6-8-12-13(11)17-15(20)18(12)10(2)3;1-3-2/h4,6-8,10H,1,5,9H2,2-3H3,(H,16,19)(H,17,20);3H2,1-2H3. The number of imidazole rings is 1. The highest BCUT2D eigenvalue weighted by Crippen LogP contribution is 2.18. The van der Waals surface area contributed by atoms with Crippen molar-refractivity contribution in [2.24, 2.45) is 0 Å². The van der Waals surface area contributed by atoms with Crippen LogP contribution in [0.25, 0.3) is 11.0 Å². The van der Waals surface area contributed by atoms with Gasteiger partial charge < -0.3 is 10.3 Å². The predicted octanol–water partition coefficient (Wildman–Crippen LogP) is 3.63. The van der Waals surface area contributed by atoms with Gasteiger partial charge in [-0.25, -0.2) is 4.79 Å². The van der Waals surface area contributed by atoms with Crippen LogP contribution in [0.5, 0.6) is 0 Å². The number of H-pyrrole nitrogens is 1. The van der Waals surface area contributed by atoms with Gasteiger partial charge in [0.25, 0.3) is 5.91 Å². The molecule has 5 heteroatoms. The number of hydrogen-bond acceptors (Lipinski definition) is 2. The molecule has 126 valence electrons. The smallest absolute Gasteiger partial charge is 0.326 e. The molecule has 0 aliphatic heterocycles. The van der Waals surface area contributed by atoms with Crippen LogP contribution in [0.4, 0.5) is 0 Å². The van der Waals surface area contributed by atoms with Gasteiger partial charge in [0.2, 0.25) is 0 Å². The minimum Gasteiger partial charge on any atom is -0.352 e. The average molecular weight is 317 g/mol. The number of rotatable bonds is 5. The highest BCUT2D eigenvalue weighted by Gasteiger charge is 2.15. The zero-order chi connectivity index (χ0) is 17.4. The number of hydrogen-bond donors (Lipinski definition) is 2. The normalized spacial score (nSPS) is 10.3. The van der Waals surface area contributed by atoms with E-state index in [1.165, 1.54) is 6.42 Å². The Bertz CT molecular complexity index is 711. The molecule has 2 aromatic rings. The number of carbonyl (C=O) groups excluding carboxylic acids is 1. The van der Waals surface area contributed by atoms with Gasteiger partial charge in [0.15, 0.2) is 0 Å². The number of aromatic nitrogens is 2. The summed E-state index contributed by atoms with van der Waals surface area (Å²) in [5.74, 6) is -0.186. The number of nitrogens with zero attached hydrogens (tertiary/aromatic N) is 1. The van der Waals surface area contributed by atoms with E-state index >= 15 is 0 Å². The summed E-state index contributed by atoms with van der Waals surface area (Å²) in [7, 11) is 0. The predicted molar refractivity (Wildman–Crippen MR) is 96.1 cm³/mol. The van der Waals surface area contributed by atoms with Gasteiger partial charge in [-0.2, -0.15) is 0 Å². The van der Waals surface area contributed by atoms with E-state index < -0.39 is 0 Å². The molecule has 1 aromatic carbocycles. The third kappa shape index (κ3) is 4.58. The van der Waals surface area contributed by atoms with Gasteiger partial charge in [0, 0.05) is 12.6 Å². The Morgan fingerprint density at radius 3 is 2.61 bits per heavy atom. The van der Waals surface area contributed by atoms with Gasteiger partial charge in [-0.15, -0.1) is 6.58 Å². The quantitative estimate of drug-likeness (QED) is 0.653. The summed E-state index contributed by atoms with van der Waals surface area (Å²) in [5, 5.41) is 2.81. The summed E-state index contributed by atoms with van der Waals surface area (Å²) in [4.78, 5) is 26.9. The Labute approximate surface area is 137 Å². The van der Waals surface area contributed by atoms with Crippen LogP contribution in [0.2, 0.25) is 0 Å². The third-order valence-electron chi connectivity index (χ3n) is 3.15. The molecule has 5 nitrogen and oxygen atoms in total. The fraction of sp³-hybridized carbons (Fsp3) is 0.444. The molecule has 0 fully saturated rings. The van der Waals surface area contributed by atoms with Crippen molar-refractivity contribution in [3.8, 4) is 0 Å². The van der Waals surface area contributed by atoms with E-state index in [2.05, 4.69) is 30.7 Å². The van der Waals surface area contributed by atoms with Crippen molar-refractivity contribution < 1.29 is 4.79 Å². The van der Waals surface area contributed by atoms with Crippen molar-refractivity contribution in [2.45, 2.75) is 46.6 Å². The molecule has 23 heavy (non-hydrogen) atoms. The molecule has 0 aliphatic carbocycles. The lowest BCUT2D eigenvalue weighted by Crippen LogP contribution is -2.24. The summed E-state index contributed by atoms with van der Waals surface area (Å²) in [5.41, 5.74) is 1.63. The van der Waals surface area contributed by atoms with Gasteiger partial charge in [-0.05, 0) is 32.4 Å². The van der Waals surface area contributed by atoms with Crippen molar-refractivity contribution >= 4 is 16.9 Å². The molecule has 1 heterocycles. The molecule has 0 radical (unpaired) electrons. The summed E-state index contributed by atoms with van der Waals surface area (Å²) >= 11 is 0. The van der Waals surface area contributed by atoms with E-state index in [-0.39, 0.29) is 17.6 Å². The molecule has 0 saturated heterocycles. The summed E-state index contributed by atoms with van der Waals surface area (Å²) < 4.78 is 1.65. The number of para-hydroxylation sites is 1. The molecule has 0 spiro atoms. The van der Waals surface area contributed by atoms with E-state index in [1.807, 2.05) is 19.9 Å². The first-order valence-corrected chi connectivity index (χ1v) is 8.10. The van der Waals surface area contributed by atoms with Crippen LogP contribution >= 0.6 is 0 Å². The molecule has 2 N–H and O–H groups in total. The molecule has 0 atom stereocenters. The summed E-state index contributed by atoms with van der Waals surface area (Å²) in [6.07, 6.45) is 3.71. The van der Waals surface area contributed by atoms with Gasteiger partial charge in [-0.3, -0.25) is 9.36 Å². The Hall–Kier alpha value is -2.30. The third-order valence-corrected chi connectivity index (χ3v) is 3.15. The second-order valence-corrected chi connectivity index (χ2v) is 5.63. The van der Waals surface area contributed by atoms with Gasteiger partial charge in [0.05, 0.1) is 16.6 Å². The highest BCUT2D eigenvalue weighted by atomic mass is 16.2. The number of aromatic amines is 1. The van der Waals surface area contributed by atoms with E-state index in [0.29, 0.717) is 24.0 Å². The van der Waals surface area contributed by atoms with Gasteiger partial charge >= 0.3 is 5.69 Å². The van der Waals surface area contributed by atoms with Crippen molar-refractivity contribution in [2.75, 3.05) is 6.54 Å². The van der Waals surface area contributed by atoms with Crippen LogP contribution in [0, 0.1) is 0 Å². The Morgan fingerprint density at radius 2 is 2.04 bits per heavy atom. The van der Waals surface area contributed by atoms with Crippen molar-refractivity contribution in [3.05, 3.63) is 46.9 Å². The zero-order valence-corrected chi connectivity index (χ0v) is 14.5. The lowest BCUT2D eigenvalue weighted by Gasteiger charge is -2.08. The first-order chi connectivity index (χ1) is 11.0. The molecule has 0 aliphatic rings. The fourth-order valence-corrected chi connectivity index (χ4v) is 2.23. The van der Waals surface area contributed by atoms with E-state index in [9.17, 15) is 9.59 Å². The molecular weight excluding hydrogens is 290 g/mol. The van der Waals surface area contributed by atoms with Gasteiger partial charge in [0.1, 0.15) is 0 Å². The van der Waals surface area contributed by atoms with E-state index in [1.54, 1.807) is 22.8 Å². The zero-order valence-electron chi connectivity index (χ0n) is 14.5. The molecule has 0 unspecified atom stereocenters. The van der Waals surface area contributed by atoms with Crippen LogP contribution in [0.15, 0.2) is 35.6 Å². The second-order valence-electron chi connectivity index (χ2n) is 5.63. The first-order valence-electron chi connectivity index (χ1n) is 8.10. The fourth-order valence-electron chi connectivity index (χ4n) is 2.23. The SMILES string of the molecule is C=CCCNC(=O)c1cccc2c1[nH]c(=O)n2C(C)C.CCC. The van der Waals surface area contributed by atoms with Gasteiger partial charge in [-0.1, -0.05) is 32.4 Å². The van der Waals surface area contributed by atoms with Crippen molar-refractivity contribution in [1.82, 2.24) is 14.9 Å². The number of carbonyl (C=O) groups is 1. The average Bonchev–Trinajstić information content (AvgIpc) is 2.83. The Morgan fingerprint density at radius 1 is 1.39 bits per heavy atom. The van der Waals surface area contributed by atoms with Crippen LogP contribution in [-0.4, -0.2) is 22.0 Å². The number of amides is 1. The number of fused-ring (bicyclic) bond motifs is 1. The molecule has 0 bridgehead atoms. The van der Waals surface area contributed by atoms with Crippen molar-refractivity contribution in [3.63, 3.8) is 0 Å². The number of benzene rings is 1. The summed E-state index contributed by atoms with van der Waals surface area (Å²) in [6, 6.07) is 5.38. The molecule has 0 saturated carbocycles. The first kappa shape index (κ1) is 18.7. The van der Waals surface area contributed by atoms with Crippen molar-refractivity contribution in [1.29, 1.82) is 0 Å². The maximum atomic E-state index is 12.1. The van der Waals surface area contributed by atoms with Crippen LogP contribution in [0.3, 0.4) is 0 Å². The summed E-state index contributed by atoms with van der Waals surface area (Å²) in [6.45, 7) is 12.3. The van der Waals surface area contributed by atoms with Crippen LogP contribution in [0.1, 0.15) is 56.9 Å². The topological polar surface area (TPSA) is 66.9 Å². The maximum Gasteiger partial charge on any atom is 0.326 e. The highest BCUT2D eigenvalue weighted by molar-refractivity contribution is 6.04.